The standard InChI is InChI=1S/C26H51N2O6/c1-8-9-10-15-18-26(5,32)19-20-28(21-29,25(2,3)4)27-22(24(31)34-7)16-13-11-12-14-17-23(30)33-6/h21-22,27,32H,8-20H2,1-7H3/q+1. The highest BCUT2D eigenvalue weighted by molar-refractivity contribution is 5.75. The van der Waals surface area contributed by atoms with Crippen LogP contribution in [0.25, 0.3) is 0 Å². The summed E-state index contributed by atoms with van der Waals surface area (Å²) in [5.41, 5.74) is 1.87. The molecule has 0 aromatic rings. The van der Waals surface area contributed by atoms with Crippen LogP contribution in [0.5, 0.6) is 0 Å². The van der Waals surface area contributed by atoms with Gasteiger partial charge < -0.3 is 14.6 Å². The first-order valence-corrected chi connectivity index (χ1v) is 12.9. The number of rotatable bonds is 19. The molecule has 0 fully saturated rings. The molecule has 0 aliphatic carbocycles. The van der Waals surface area contributed by atoms with Crippen molar-refractivity contribution >= 4 is 18.3 Å². The van der Waals surface area contributed by atoms with E-state index in [9.17, 15) is 19.5 Å². The second-order valence-corrected chi connectivity index (χ2v) is 10.7. The first kappa shape index (κ1) is 32.5. The van der Waals surface area contributed by atoms with Crippen molar-refractivity contribution in [2.24, 2.45) is 0 Å². The van der Waals surface area contributed by atoms with Gasteiger partial charge in [0.15, 0.2) is 6.04 Å². The van der Waals surface area contributed by atoms with Gasteiger partial charge in [0.1, 0.15) is 12.1 Å². The molecule has 0 saturated carbocycles. The number of amides is 1. The number of quaternary nitrogens is 1. The third-order valence-corrected chi connectivity index (χ3v) is 6.67. The van der Waals surface area contributed by atoms with E-state index in [1.807, 2.05) is 27.7 Å². The summed E-state index contributed by atoms with van der Waals surface area (Å²) in [6.45, 7) is 10.2. The van der Waals surface area contributed by atoms with Crippen molar-refractivity contribution in [2.45, 2.75) is 129 Å². The molecule has 0 aromatic heterocycles. The highest BCUT2D eigenvalue weighted by Gasteiger charge is 2.45. The van der Waals surface area contributed by atoms with Crippen LogP contribution < -0.4 is 5.43 Å². The van der Waals surface area contributed by atoms with Crippen LogP contribution in [-0.4, -0.2) is 66.0 Å². The summed E-state index contributed by atoms with van der Waals surface area (Å²) in [6.07, 6.45) is 10.4. The van der Waals surface area contributed by atoms with Gasteiger partial charge in [-0.25, -0.2) is 4.79 Å². The number of hydrogen-bond donors (Lipinski definition) is 2. The van der Waals surface area contributed by atoms with Crippen molar-refractivity contribution in [3.05, 3.63) is 0 Å². The Labute approximate surface area is 207 Å². The Hall–Kier alpha value is -1.51. The summed E-state index contributed by atoms with van der Waals surface area (Å²) in [6, 6.07) is -0.649. The Morgan fingerprint density at radius 3 is 2.09 bits per heavy atom. The molecular formula is C26H51N2O6+. The average Bonchev–Trinajstić information content (AvgIpc) is 2.78. The Morgan fingerprint density at radius 1 is 0.941 bits per heavy atom. The van der Waals surface area contributed by atoms with Gasteiger partial charge in [-0.3, -0.25) is 9.59 Å². The zero-order valence-electron chi connectivity index (χ0n) is 22.8. The number of unbranched alkanes of at least 4 members (excludes halogenated alkanes) is 6. The number of esters is 2. The topological polar surface area (TPSA) is 102 Å². The lowest BCUT2D eigenvalue weighted by atomic mass is 9.93. The van der Waals surface area contributed by atoms with Gasteiger partial charge in [0.25, 0.3) is 0 Å². The number of methoxy groups -OCH3 is 2. The van der Waals surface area contributed by atoms with Crippen LogP contribution >= 0.6 is 0 Å². The van der Waals surface area contributed by atoms with E-state index in [1.54, 1.807) is 0 Å². The lowest BCUT2D eigenvalue weighted by molar-refractivity contribution is -0.937. The smallest absolute Gasteiger partial charge is 0.328 e. The van der Waals surface area contributed by atoms with Gasteiger partial charge in [0.2, 0.25) is 0 Å². The van der Waals surface area contributed by atoms with E-state index in [-0.39, 0.29) is 10.6 Å². The van der Waals surface area contributed by atoms with Crippen molar-refractivity contribution in [3.63, 3.8) is 0 Å². The summed E-state index contributed by atoms with van der Waals surface area (Å²) < 4.78 is 9.53. The van der Waals surface area contributed by atoms with E-state index < -0.39 is 23.2 Å². The maximum Gasteiger partial charge on any atom is 0.328 e. The number of aliphatic hydroxyl groups is 1. The summed E-state index contributed by atoms with van der Waals surface area (Å²) in [7, 11) is 2.73. The van der Waals surface area contributed by atoms with Crippen molar-refractivity contribution in [2.75, 3.05) is 20.8 Å². The molecule has 0 saturated heterocycles. The van der Waals surface area contributed by atoms with Gasteiger partial charge in [0, 0.05) is 12.8 Å². The monoisotopic (exact) mass is 487 g/mol. The van der Waals surface area contributed by atoms with Gasteiger partial charge in [-0.15, -0.1) is 5.43 Å². The minimum Gasteiger partial charge on any atom is -0.469 e. The number of carbonyl (C=O) groups excluding carboxylic acids is 3. The van der Waals surface area contributed by atoms with Crippen LogP contribution in [0.3, 0.4) is 0 Å². The van der Waals surface area contributed by atoms with Gasteiger partial charge in [-0.05, 0) is 47.0 Å². The molecule has 0 aromatic carbocycles. The molecule has 2 N–H and O–H groups in total. The highest BCUT2D eigenvalue weighted by atomic mass is 16.5. The number of carbonyl (C=O) groups is 3. The molecule has 34 heavy (non-hydrogen) atoms. The van der Waals surface area contributed by atoms with E-state index in [2.05, 4.69) is 17.1 Å². The van der Waals surface area contributed by atoms with E-state index in [1.165, 1.54) is 14.2 Å². The molecule has 0 bridgehead atoms. The normalized spacial score (nSPS) is 16.2. The first-order chi connectivity index (χ1) is 15.9. The third-order valence-electron chi connectivity index (χ3n) is 6.67. The van der Waals surface area contributed by atoms with Crippen LogP contribution in [0, 0.1) is 0 Å². The molecule has 200 valence electrons. The van der Waals surface area contributed by atoms with Gasteiger partial charge >= 0.3 is 18.3 Å². The maximum absolute atomic E-state index is 12.6. The Balaban J connectivity index is 5.20. The van der Waals surface area contributed by atoms with Crippen LogP contribution in [0.15, 0.2) is 0 Å². The van der Waals surface area contributed by atoms with Gasteiger partial charge in [0.05, 0.1) is 19.8 Å². The number of nitrogens with one attached hydrogen (secondary N) is 1. The zero-order valence-corrected chi connectivity index (χ0v) is 22.8. The second-order valence-electron chi connectivity index (χ2n) is 10.7. The maximum atomic E-state index is 12.6. The van der Waals surface area contributed by atoms with Crippen LogP contribution in [0.2, 0.25) is 0 Å². The molecule has 3 atom stereocenters. The van der Waals surface area contributed by atoms with Crippen molar-refractivity contribution in [1.29, 1.82) is 0 Å². The predicted octanol–water partition coefficient (Wildman–Crippen LogP) is 4.43. The summed E-state index contributed by atoms with van der Waals surface area (Å²) in [4.78, 5) is 36.3. The van der Waals surface area contributed by atoms with E-state index in [0.717, 1.165) is 57.8 Å². The zero-order chi connectivity index (χ0) is 26.3. The molecule has 0 rings (SSSR count). The lowest BCUT2D eigenvalue weighted by Gasteiger charge is -2.45. The molecule has 8 heteroatoms. The molecule has 0 aliphatic rings. The van der Waals surface area contributed by atoms with Crippen LogP contribution in [0.4, 0.5) is 0 Å². The van der Waals surface area contributed by atoms with E-state index in [0.29, 0.717) is 32.2 Å². The molecule has 0 spiro atoms. The molecule has 0 radical (unpaired) electrons. The molecule has 1 amide bonds. The first-order valence-electron chi connectivity index (χ1n) is 12.9. The minimum absolute atomic E-state index is 0.153. The minimum atomic E-state index is -0.881. The fourth-order valence-corrected chi connectivity index (χ4v) is 4.04. The largest absolute Gasteiger partial charge is 0.469 e. The number of hydrogen-bond acceptors (Lipinski definition) is 7. The molecule has 3 unspecified atom stereocenters. The summed E-state index contributed by atoms with van der Waals surface area (Å²) in [5.74, 6) is -0.622. The Morgan fingerprint density at radius 2 is 1.56 bits per heavy atom. The van der Waals surface area contributed by atoms with Crippen molar-refractivity contribution in [3.8, 4) is 0 Å². The summed E-state index contributed by atoms with van der Waals surface area (Å²) >= 11 is 0. The average molecular weight is 488 g/mol. The fourth-order valence-electron chi connectivity index (χ4n) is 4.04. The lowest BCUT2D eigenvalue weighted by Crippen LogP contribution is -2.71. The molecule has 8 nitrogen and oxygen atoms in total. The predicted molar refractivity (Wildman–Crippen MR) is 134 cm³/mol. The number of ether oxygens (including phenoxy) is 2. The van der Waals surface area contributed by atoms with Crippen LogP contribution in [0.1, 0.15) is 112 Å². The van der Waals surface area contributed by atoms with E-state index in [4.69, 9.17) is 4.74 Å². The van der Waals surface area contributed by atoms with Crippen LogP contribution in [-0.2, 0) is 23.9 Å². The third kappa shape index (κ3) is 12.3. The second kappa shape index (κ2) is 16.2. The molecule has 0 aliphatic heterocycles. The Bertz CT molecular complexity index is 603. The van der Waals surface area contributed by atoms with Gasteiger partial charge in [-0.1, -0.05) is 51.9 Å². The number of nitrogens with zero attached hydrogens (tertiary/aromatic N) is 1. The summed E-state index contributed by atoms with van der Waals surface area (Å²) in [5, 5.41) is 10.9. The fraction of sp³-hybridized carbons (Fsp3) is 0.885. The quantitative estimate of drug-likeness (QED) is 0.0913. The molecule has 0 heterocycles. The Kier molecular flexibility index (Phi) is 15.5. The van der Waals surface area contributed by atoms with E-state index >= 15 is 0 Å². The van der Waals surface area contributed by atoms with Crippen molar-refractivity contribution < 1.29 is 33.6 Å². The van der Waals surface area contributed by atoms with Crippen molar-refractivity contribution in [1.82, 2.24) is 5.43 Å². The highest BCUT2D eigenvalue weighted by Crippen LogP contribution is 2.27. The molecular weight excluding hydrogens is 436 g/mol. The SMILES string of the molecule is CCCCCCC(C)(O)CC[N+](C=O)(NC(CCCCCCC(=O)OC)C(=O)OC)C(C)(C)C. The van der Waals surface area contributed by atoms with Gasteiger partial charge in [-0.2, -0.15) is 4.59 Å².